The summed E-state index contributed by atoms with van der Waals surface area (Å²) in [6.07, 6.45) is 0. The molecule has 0 fully saturated rings. The van der Waals surface area contributed by atoms with E-state index in [-0.39, 0.29) is 22.9 Å². The quantitative estimate of drug-likeness (QED) is 0.749. The van der Waals surface area contributed by atoms with Crippen LogP contribution in [-0.4, -0.2) is 43.2 Å². The third kappa shape index (κ3) is 4.95. The van der Waals surface area contributed by atoms with E-state index in [9.17, 15) is 9.59 Å². The van der Waals surface area contributed by atoms with E-state index < -0.39 is 0 Å². The molecule has 0 heterocycles. The highest BCUT2D eigenvalue weighted by Gasteiger charge is 2.23. The Kier molecular flexibility index (Phi) is 6.42. The van der Waals surface area contributed by atoms with E-state index in [1.54, 1.807) is 21.0 Å². The van der Waals surface area contributed by atoms with E-state index in [1.807, 2.05) is 30.3 Å². The fourth-order valence-corrected chi connectivity index (χ4v) is 2.62. The number of nitrogens with zero attached hydrogens (tertiary/aromatic N) is 1. The Labute approximate surface area is 118 Å². The topological polar surface area (TPSA) is 46.6 Å². The lowest BCUT2D eigenvalue weighted by Crippen LogP contribution is -2.27. The molecule has 0 bridgehead atoms. The molecule has 1 rings (SSSR count). The molecule has 4 nitrogen and oxygen atoms in total. The maximum Gasteiger partial charge on any atom is 0.315 e. The first-order chi connectivity index (χ1) is 9.06. The van der Waals surface area contributed by atoms with E-state index in [0.29, 0.717) is 6.61 Å². The Morgan fingerprint density at radius 1 is 1.26 bits per heavy atom. The normalized spacial score (nSPS) is 11.7. The van der Waals surface area contributed by atoms with Gasteiger partial charge in [0.25, 0.3) is 0 Å². The Morgan fingerprint density at radius 3 is 2.42 bits per heavy atom. The number of benzene rings is 1. The lowest BCUT2D eigenvalue weighted by molar-refractivity contribution is -0.139. The molecule has 1 atom stereocenters. The van der Waals surface area contributed by atoms with Crippen molar-refractivity contribution in [3.05, 3.63) is 35.9 Å². The molecule has 0 aromatic heterocycles. The van der Waals surface area contributed by atoms with Gasteiger partial charge in [-0.3, -0.25) is 9.59 Å². The summed E-state index contributed by atoms with van der Waals surface area (Å²) in [5, 5.41) is -0.374. The minimum Gasteiger partial charge on any atom is -0.465 e. The first-order valence-electron chi connectivity index (χ1n) is 6.09. The molecule has 104 valence electrons. The molecule has 0 radical (unpaired) electrons. The monoisotopic (exact) mass is 281 g/mol. The second-order valence-corrected chi connectivity index (χ2v) is 5.23. The van der Waals surface area contributed by atoms with Gasteiger partial charge < -0.3 is 9.64 Å². The lowest BCUT2D eigenvalue weighted by atomic mass is 10.1. The molecule has 1 unspecified atom stereocenters. The third-order valence-electron chi connectivity index (χ3n) is 2.44. The highest BCUT2D eigenvalue weighted by atomic mass is 32.2. The van der Waals surface area contributed by atoms with Gasteiger partial charge in [-0.05, 0) is 12.5 Å². The summed E-state index contributed by atoms with van der Waals surface area (Å²) < 4.78 is 4.88. The highest BCUT2D eigenvalue weighted by Crippen LogP contribution is 2.30. The van der Waals surface area contributed by atoms with E-state index in [2.05, 4.69) is 0 Å². The van der Waals surface area contributed by atoms with Crippen LogP contribution < -0.4 is 0 Å². The molecule has 5 heteroatoms. The Morgan fingerprint density at radius 2 is 1.89 bits per heavy atom. The van der Waals surface area contributed by atoms with Crippen molar-refractivity contribution in [2.75, 3.05) is 26.5 Å². The van der Waals surface area contributed by atoms with Crippen molar-refractivity contribution in [2.45, 2.75) is 12.2 Å². The molecule has 0 aliphatic heterocycles. The van der Waals surface area contributed by atoms with Crippen LogP contribution in [0.1, 0.15) is 17.7 Å². The molecule has 0 aliphatic carbocycles. The van der Waals surface area contributed by atoms with Gasteiger partial charge in [0, 0.05) is 14.1 Å². The van der Waals surface area contributed by atoms with Gasteiger partial charge in [0.1, 0.15) is 5.25 Å². The zero-order chi connectivity index (χ0) is 14.3. The summed E-state index contributed by atoms with van der Waals surface area (Å²) in [4.78, 5) is 25.1. The zero-order valence-corrected chi connectivity index (χ0v) is 12.3. The molecule has 0 spiro atoms. The Balaban J connectivity index is 2.77. The van der Waals surface area contributed by atoms with E-state index in [4.69, 9.17) is 4.74 Å². The Hall–Kier alpha value is -1.49. The van der Waals surface area contributed by atoms with Crippen LogP contribution in [0.4, 0.5) is 0 Å². The van der Waals surface area contributed by atoms with Crippen LogP contribution in [-0.2, 0) is 14.3 Å². The average molecular weight is 281 g/mol. The summed E-state index contributed by atoms with van der Waals surface area (Å²) in [5.41, 5.74) is 0.899. The van der Waals surface area contributed by atoms with Crippen molar-refractivity contribution >= 4 is 23.6 Å². The number of ether oxygens (including phenoxy) is 1. The van der Waals surface area contributed by atoms with Crippen LogP contribution in [0.3, 0.4) is 0 Å². The first-order valence-corrected chi connectivity index (χ1v) is 7.14. The van der Waals surface area contributed by atoms with Gasteiger partial charge in [-0.2, -0.15) is 0 Å². The molecular formula is C14H19NO3S. The van der Waals surface area contributed by atoms with E-state index in [1.165, 1.54) is 16.7 Å². The second-order valence-electron chi connectivity index (χ2n) is 4.14. The minimum atomic E-state index is -0.374. The fourth-order valence-electron chi connectivity index (χ4n) is 1.53. The number of carbonyl (C=O) groups excluding carboxylic acids is 2. The van der Waals surface area contributed by atoms with Crippen LogP contribution in [0.5, 0.6) is 0 Å². The summed E-state index contributed by atoms with van der Waals surface area (Å²) in [5.74, 6) is -0.145. The molecule has 1 aromatic carbocycles. The predicted octanol–water partition coefficient (Wildman–Crippen LogP) is 2.11. The standard InChI is InChI=1S/C14H19NO3S/c1-4-18-12(16)10-19-13(14(17)15(2)3)11-8-6-5-7-9-11/h5-9,13H,4,10H2,1-3H3. The van der Waals surface area contributed by atoms with Crippen LogP contribution in [0.15, 0.2) is 30.3 Å². The van der Waals surface area contributed by atoms with E-state index in [0.717, 1.165) is 5.56 Å². The van der Waals surface area contributed by atoms with Gasteiger partial charge in [-0.1, -0.05) is 30.3 Å². The number of carbonyl (C=O) groups is 2. The smallest absolute Gasteiger partial charge is 0.315 e. The van der Waals surface area contributed by atoms with Gasteiger partial charge in [0.15, 0.2) is 0 Å². The molecule has 0 N–H and O–H groups in total. The number of amides is 1. The van der Waals surface area contributed by atoms with Crippen LogP contribution in [0.25, 0.3) is 0 Å². The summed E-state index contributed by atoms with van der Waals surface area (Å²) in [6.45, 7) is 2.12. The zero-order valence-electron chi connectivity index (χ0n) is 11.5. The summed E-state index contributed by atoms with van der Waals surface area (Å²) in [6, 6.07) is 9.46. The van der Waals surface area contributed by atoms with Crippen LogP contribution in [0.2, 0.25) is 0 Å². The van der Waals surface area contributed by atoms with Crippen LogP contribution in [0, 0.1) is 0 Å². The number of rotatable bonds is 6. The maximum absolute atomic E-state index is 12.2. The average Bonchev–Trinajstić information content (AvgIpc) is 2.40. The SMILES string of the molecule is CCOC(=O)CSC(C(=O)N(C)C)c1ccccc1. The summed E-state index contributed by atoms with van der Waals surface area (Å²) in [7, 11) is 3.42. The third-order valence-corrected chi connectivity index (χ3v) is 3.65. The number of esters is 1. The van der Waals surface area contributed by atoms with Crippen molar-refractivity contribution < 1.29 is 14.3 Å². The van der Waals surface area contributed by atoms with Gasteiger partial charge in [0.2, 0.25) is 5.91 Å². The number of likely N-dealkylation sites (N-methyl/N-ethyl adjacent to an activating group) is 1. The van der Waals surface area contributed by atoms with Crippen molar-refractivity contribution in [3.8, 4) is 0 Å². The molecule has 1 aromatic rings. The van der Waals surface area contributed by atoms with Crippen molar-refractivity contribution in [1.29, 1.82) is 0 Å². The molecule has 0 saturated carbocycles. The number of thioether (sulfide) groups is 1. The van der Waals surface area contributed by atoms with Gasteiger partial charge >= 0.3 is 5.97 Å². The van der Waals surface area contributed by atoms with Gasteiger partial charge in [-0.15, -0.1) is 11.8 Å². The minimum absolute atomic E-state index is 0.0273. The molecule has 0 aliphatic rings. The largest absolute Gasteiger partial charge is 0.465 e. The number of hydrogen-bond acceptors (Lipinski definition) is 4. The molecular weight excluding hydrogens is 262 g/mol. The van der Waals surface area contributed by atoms with Crippen molar-refractivity contribution in [2.24, 2.45) is 0 Å². The van der Waals surface area contributed by atoms with Gasteiger partial charge in [0.05, 0.1) is 12.4 Å². The van der Waals surface area contributed by atoms with Crippen LogP contribution >= 0.6 is 11.8 Å². The summed E-state index contributed by atoms with van der Waals surface area (Å²) >= 11 is 1.29. The van der Waals surface area contributed by atoms with E-state index >= 15 is 0 Å². The molecule has 19 heavy (non-hydrogen) atoms. The predicted molar refractivity (Wildman–Crippen MR) is 77.0 cm³/mol. The first kappa shape index (κ1) is 15.6. The lowest BCUT2D eigenvalue weighted by Gasteiger charge is -2.20. The Bertz CT molecular complexity index is 420. The highest BCUT2D eigenvalue weighted by molar-refractivity contribution is 8.00. The maximum atomic E-state index is 12.2. The molecule has 1 amide bonds. The number of hydrogen-bond donors (Lipinski definition) is 0. The van der Waals surface area contributed by atoms with Crippen molar-refractivity contribution in [3.63, 3.8) is 0 Å². The molecule has 0 saturated heterocycles. The van der Waals surface area contributed by atoms with Gasteiger partial charge in [-0.25, -0.2) is 0 Å². The second kappa shape index (κ2) is 7.84. The fraction of sp³-hybridized carbons (Fsp3) is 0.429. The van der Waals surface area contributed by atoms with Crippen molar-refractivity contribution in [1.82, 2.24) is 4.90 Å².